The van der Waals surface area contributed by atoms with Crippen LogP contribution in [0.3, 0.4) is 0 Å². The standard InChI is InChI=1S/2C12H8N2O4.2CNS.2Ru/c2*15-11(16)7-1-3-13-9(5-7)10-6-8(12(17)18)2-4-14-10;2*2-1-3;;/h2*1-6H,(H,15,16)(H,17,18);;;;/q;;2*-1;2*+2/p-2. The molecule has 14 nitrogen and oxygen atoms in total. The van der Waals surface area contributed by atoms with Gasteiger partial charge in [-0.3, -0.25) is 19.9 Å². The maximum atomic E-state index is 10.8. The van der Waals surface area contributed by atoms with Crippen molar-refractivity contribution in [2.75, 3.05) is 0 Å². The van der Waals surface area contributed by atoms with Crippen LogP contribution >= 0.6 is 24.4 Å². The van der Waals surface area contributed by atoms with E-state index in [0.717, 1.165) is 0 Å². The molecule has 4 aromatic heterocycles. The monoisotopic (exact) mass is 806 g/mol. The van der Waals surface area contributed by atoms with Crippen molar-refractivity contribution in [3.8, 4) is 22.8 Å². The number of carboxylic acids is 4. The SMILES string of the molecule is O=C(O)c1ccnc(-c2cc(C(=O)O)ccn2)c1.O=C([O-])c1ccnc(-c2cc(C(=O)[O-])ccn2)c1.[N-]=C=S.[N-]=C=S.[Ru+2].[Ru+2]. The molecule has 0 radical (unpaired) electrons. The molecule has 0 saturated carbocycles. The number of aromatic nitrogens is 4. The molecule has 4 heterocycles. The van der Waals surface area contributed by atoms with Gasteiger partial charge < -0.3 is 40.8 Å². The van der Waals surface area contributed by atoms with Crippen LogP contribution in [-0.2, 0) is 39.0 Å². The van der Waals surface area contributed by atoms with E-state index in [0.29, 0.717) is 11.4 Å². The van der Waals surface area contributed by atoms with Gasteiger partial charge in [0.25, 0.3) is 0 Å². The van der Waals surface area contributed by atoms with Gasteiger partial charge in [0.1, 0.15) is 0 Å². The molecule has 4 rings (SSSR count). The molecule has 18 heteroatoms. The second kappa shape index (κ2) is 21.9. The van der Waals surface area contributed by atoms with Crippen LogP contribution in [0.5, 0.6) is 0 Å². The van der Waals surface area contributed by atoms with Crippen LogP contribution in [-0.4, -0.2) is 64.3 Å². The Morgan fingerprint density at radius 2 is 0.773 bits per heavy atom. The largest absolute Gasteiger partial charge is 2.00 e. The van der Waals surface area contributed by atoms with Crippen LogP contribution in [0.1, 0.15) is 41.4 Å². The van der Waals surface area contributed by atoms with Gasteiger partial charge in [-0.15, -0.1) is 0 Å². The first-order chi connectivity index (χ1) is 20.0. The van der Waals surface area contributed by atoms with Crippen molar-refractivity contribution in [2.24, 2.45) is 0 Å². The summed E-state index contributed by atoms with van der Waals surface area (Å²) in [6.45, 7) is 0. The minimum atomic E-state index is -1.34. The molecule has 0 aliphatic rings. The summed E-state index contributed by atoms with van der Waals surface area (Å²) in [4.78, 5) is 58.8. The van der Waals surface area contributed by atoms with Crippen LogP contribution in [0.15, 0.2) is 73.3 Å². The molecule has 0 amide bonds. The van der Waals surface area contributed by atoms with E-state index >= 15 is 0 Å². The van der Waals surface area contributed by atoms with E-state index in [4.69, 9.17) is 21.0 Å². The maximum Gasteiger partial charge on any atom is 2.00 e. The Balaban J connectivity index is 0. The number of aromatic carboxylic acids is 4. The molecule has 44 heavy (non-hydrogen) atoms. The molecular formula is C26H14N6O8Ru2S2. The number of hydrogen-bond acceptors (Lipinski definition) is 12. The summed E-state index contributed by atoms with van der Waals surface area (Å²) in [7, 11) is 0. The van der Waals surface area contributed by atoms with Gasteiger partial charge in [-0.1, -0.05) is 24.4 Å². The zero-order valence-corrected chi connectivity index (χ0v) is 26.6. The molecule has 224 valence electrons. The first-order valence-electron chi connectivity index (χ1n) is 10.8. The molecule has 0 fully saturated rings. The van der Waals surface area contributed by atoms with Crippen molar-refractivity contribution >= 4 is 58.6 Å². The van der Waals surface area contributed by atoms with Crippen LogP contribution in [0.2, 0.25) is 0 Å². The molecule has 0 aromatic carbocycles. The van der Waals surface area contributed by atoms with E-state index in [9.17, 15) is 29.4 Å². The van der Waals surface area contributed by atoms with E-state index < -0.39 is 23.9 Å². The molecule has 0 saturated heterocycles. The summed E-state index contributed by atoms with van der Waals surface area (Å²) < 4.78 is 0. The van der Waals surface area contributed by atoms with Gasteiger partial charge in [-0.05, 0) is 48.5 Å². The fourth-order valence-corrected chi connectivity index (χ4v) is 2.80. The minimum absolute atomic E-state index is 0. The van der Waals surface area contributed by atoms with E-state index in [1.807, 2.05) is 0 Å². The Kier molecular flexibility index (Phi) is 20.7. The van der Waals surface area contributed by atoms with Crippen molar-refractivity contribution in [2.45, 2.75) is 0 Å². The number of pyridine rings is 4. The van der Waals surface area contributed by atoms with Gasteiger partial charge in [0.2, 0.25) is 0 Å². The topological polar surface area (TPSA) is 251 Å². The van der Waals surface area contributed by atoms with Gasteiger partial charge >= 0.3 is 50.9 Å². The number of carbonyl (C=O) groups excluding carboxylic acids is 2. The van der Waals surface area contributed by atoms with Gasteiger partial charge in [0.05, 0.1) is 45.8 Å². The number of thiocarbonyl (C=S) groups is 2. The van der Waals surface area contributed by atoms with E-state index in [1.54, 1.807) is 0 Å². The summed E-state index contributed by atoms with van der Waals surface area (Å²) in [5.74, 6) is -4.83. The molecule has 0 aliphatic heterocycles. The van der Waals surface area contributed by atoms with Gasteiger partial charge in [-0.25, -0.2) is 9.59 Å². The van der Waals surface area contributed by atoms with Crippen molar-refractivity contribution in [1.82, 2.24) is 19.9 Å². The van der Waals surface area contributed by atoms with E-state index in [1.165, 1.54) is 83.6 Å². The normalized spacial score (nSPS) is 8.55. The first kappa shape index (κ1) is 41.5. The van der Waals surface area contributed by atoms with Gasteiger partial charge in [0, 0.05) is 35.9 Å². The third kappa shape index (κ3) is 14.0. The van der Waals surface area contributed by atoms with Crippen molar-refractivity contribution in [3.05, 3.63) is 106 Å². The fraction of sp³-hybridized carbons (Fsp3) is 0. The predicted octanol–water partition coefficient (Wildman–Crippen LogP) is 1.72. The molecular weight excluding hydrogens is 791 g/mol. The minimum Gasteiger partial charge on any atom is -0.753 e. The fourth-order valence-electron chi connectivity index (χ4n) is 2.80. The van der Waals surface area contributed by atoms with Crippen LogP contribution in [0, 0.1) is 0 Å². The van der Waals surface area contributed by atoms with Crippen LogP contribution < -0.4 is 10.2 Å². The van der Waals surface area contributed by atoms with Gasteiger partial charge in [0.15, 0.2) is 0 Å². The number of carbonyl (C=O) groups is 4. The zero-order valence-electron chi connectivity index (χ0n) is 21.5. The predicted molar refractivity (Wildman–Crippen MR) is 149 cm³/mol. The number of carboxylic acid groups (broad SMARTS) is 4. The molecule has 0 spiro atoms. The van der Waals surface area contributed by atoms with E-state index in [-0.39, 0.29) is 72.6 Å². The Morgan fingerprint density at radius 3 is 0.977 bits per heavy atom. The van der Waals surface area contributed by atoms with Gasteiger partial charge in [-0.2, -0.15) is 10.3 Å². The molecule has 4 aromatic rings. The number of hydrogen-bond donors (Lipinski definition) is 2. The summed E-state index contributed by atoms with van der Waals surface area (Å²) in [5, 5.41) is 56.0. The average molecular weight is 805 g/mol. The molecule has 2 N–H and O–H groups in total. The second-order valence-electron chi connectivity index (χ2n) is 7.09. The summed E-state index contributed by atoms with van der Waals surface area (Å²) in [6, 6.07) is 10.5. The summed E-state index contributed by atoms with van der Waals surface area (Å²) in [5.41, 5.74) is 1.17. The van der Waals surface area contributed by atoms with Crippen molar-refractivity contribution in [3.63, 3.8) is 0 Å². The Hall–Kier alpha value is -4.67. The smallest absolute Gasteiger partial charge is 0.753 e. The maximum absolute atomic E-state index is 10.8. The van der Waals surface area contributed by atoms with Crippen molar-refractivity contribution < 1.29 is 78.6 Å². The Labute approximate surface area is 284 Å². The first-order valence-corrected chi connectivity index (χ1v) is 11.6. The van der Waals surface area contributed by atoms with Crippen LogP contribution in [0.4, 0.5) is 0 Å². The quantitative estimate of drug-likeness (QED) is 0.160. The molecule has 0 unspecified atom stereocenters. The summed E-state index contributed by atoms with van der Waals surface area (Å²) >= 11 is 7.40. The Bertz CT molecular complexity index is 1450. The molecule has 0 aliphatic carbocycles. The molecule has 0 bridgehead atoms. The summed E-state index contributed by atoms with van der Waals surface area (Å²) in [6.07, 6.45) is 5.25. The number of rotatable bonds is 6. The van der Waals surface area contributed by atoms with Crippen molar-refractivity contribution in [1.29, 1.82) is 0 Å². The third-order valence-corrected chi connectivity index (χ3v) is 4.53. The number of isothiocyanates is 2. The average Bonchev–Trinajstić information content (AvgIpc) is 2.98. The number of nitrogens with zero attached hydrogens (tertiary/aromatic N) is 6. The Morgan fingerprint density at radius 1 is 0.568 bits per heavy atom. The van der Waals surface area contributed by atoms with E-state index in [2.05, 4.69) is 44.4 Å². The second-order valence-corrected chi connectivity index (χ2v) is 7.45. The molecule has 0 atom stereocenters. The third-order valence-electron chi connectivity index (χ3n) is 4.53. The zero-order chi connectivity index (χ0) is 31.7. The van der Waals surface area contributed by atoms with Crippen LogP contribution in [0.25, 0.3) is 33.6 Å².